The predicted octanol–water partition coefficient (Wildman–Crippen LogP) is 3.51. The Morgan fingerprint density at radius 2 is 1.83 bits per heavy atom. The summed E-state index contributed by atoms with van der Waals surface area (Å²) in [5.41, 5.74) is 3.07. The van der Waals surface area contributed by atoms with Crippen LogP contribution in [-0.2, 0) is 6.54 Å². The van der Waals surface area contributed by atoms with E-state index >= 15 is 0 Å². The molecule has 2 aromatic heterocycles. The molecule has 0 unspecified atom stereocenters. The standard InChI is InChI=1S/C22H24F2N6/c1-14-10-19-20(12-25-14)28-22(21(27-19)26-17-4-5-17)30-8-6-29(7-9-30)13-15-2-3-16(23)11-18(15)24/h2-3,10-12,17H,4-9,13H2,1H3,(H,26,27). The van der Waals surface area contributed by atoms with E-state index in [4.69, 9.17) is 9.97 Å². The SMILES string of the molecule is Cc1cc2nc(NC3CC3)c(N3CCN(Cc4ccc(F)cc4F)CC3)nc2cn1. The van der Waals surface area contributed by atoms with Gasteiger partial charge in [0.1, 0.15) is 17.2 Å². The van der Waals surface area contributed by atoms with Crippen molar-refractivity contribution >= 4 is 22.7 Å². The Balaban J connectivity index is 1.34. The van der Waals surface area contributed by atoms with Crippen LogP contribution in [0.5, 0.6) is 0 Å². The van der Waals surface area contributed by atoms with Crippen LogP contribution in [0.25, 0.3) is 11.0 Å². The fraction of sp³-hybridized carbons (Fsp3) is 0.409. The topological polar surface area (TPSA) is 57.2 Å². The van der Waals surface area contributed by atoms with Gasteiger partial charge in [-0.25, -0.2) is 18.7 Å². The molecule has 0 amide bonds. The monoisotopic (exact) mass is 410 g/mol. The Labute approximate surface area is 174 Å². The van der Waals surface area contributed by atoms with Crippen molar-refractivity contribution in [2.45, 2.75) is 32.4 Å². The van der Waals surface area contributed by atoms with Gasteiger partial charge in [0.2, 0.25) is 0 Å². The van der Waals surface area contributed by atoms with Crippen LogP contribution < -0.4 is 10.2 Å². The smallest absolute Gasteiger partial charge is 0.172 e. The van der Waals surface area contributed by atoms with E-state index in [0.717, 1.165) is 73.5 Å². The van der Waals surface area contributed by atoms with Crippen molar-refractivity contribution in [3.05, 3.63) is 53.4 Å². The number of hydrogen-bond acceptors (Lipinski definition) is 6. The van der Waals surface area contributed by atoms with Crippen LogP contribution in [0.3, 0.4) is 0 Å². The maximum Gasteiger partial charge on any atom is 0.172 e. The van der Waals surface area contributed by atoms with Gasteiger partial charge in [-0.3, -0.25) is 9.88 Å². The van der Waals surface area contributed by atoms with E-state index in [1.165, 1.54) is 12.1 Å². The van der Waals surface area contributed by atoms with Crippen molar-refractivity contribution in [3.8, 4) is 0 Å². The van der Waals surface area contributed by atoms with Crippen LogP contribution in [-0.4, -0.2) is 52.1 Å². The van der Waals surface area contributed by atoms with E-state index < -0.39 is 11.6 Å². The average Bonchev–Trinajstić information content (AvgIpc) is 3.54. The number of nitrogens with zero attached hydrogens (tertiary/aromatic N) is 5. The molecule has 0 bridgehead atoms. The summed E-state index contributed by atoms with van der Waals surface area (Å²) in [4.78, 5) is 18.5. The normalized spacial score (nSPS) is 17.5. The molecule has 1 saturated carbocycles. The van der Waals surface area contributed by atoms with Gasteiger partial charge in [0, 0.05) is 56.1 Å². The molecule has 2 aliphatic rings. The van der Waals surface area contributed by atoms with Gasteiger partial charge in [-0.2, -0.15) is 0 Å². The van der Waals surface area contributed by atoms with Gasteiger partial charge in [0.05, 0.1) is 11.7 Å². The zero-order valence-corrected chi connectivity index (χ0v) is 16.9. The second-order valence-corrected chi connectivity index (χ2v) is 8.13. The van der Waals surface area contributed by atoms with E-state index in [-0.39, 0.29) is 0 Å². The summed E-state index contributed by atoms with van der Waals surface area (Å²) < 4.78 is 27.1. The molecular formula is C22H24F2N6. The summed E-state index contributed by atoms with van der Waals surface area (Å²) in [6.45, 7) is 5.49. The summed E-state index contributed by atoms with van der Waals surface area (Å²) in [5, 5.41) is 3.52. The summed E-state index contributed by atoms with van der Waals surface area (Å²) in [5.74, 6) is 0.647. The number of halogens is 2. The highest BCUT2D eigenvalue weighted by Gasteiger charge is 2.27. The minimum absolute atomic E-state index is 0.472. The number of aryl methyl sites for hydroxylation is 1. The maximum atomic E-state index is 14.0. The lowest BCUT2D eigenvalue weighted by molar-refractivity contribution is 0.246. The van der Waals surface area contributed by atoms with Crippen molar-refractivity contribution in [1.29, 1.82) is 0 Å². The number of pyridine rings is 1. The molecule has 1 N–H and O–H groups in total. The molecule has 3 heterocycles. The number of hydrogen-bond donors (Lipinski definition) is 1. The van der Waals surface area contributed by atoms with Crippen molar-refractivity contribution in [2.75, 3.05) is 36.4 Å². The number of piperazine rings is 1. The van der Waals surface area contributed by atoms with E-state index in [9.17, 15) is 8.78 Å². The third kappa shape index (κ3) is 4.05. The summed E-state index contributed by atoms with van der Waals surface area (Å²) in [6.07, 6.45) is 4.09. The Morgan fingerprint density at radius 3 is 2.57 bits per heavy atom. The molecule has 3 aromatic rings. The van der Waals surface area contributed by atoms with Gasteiger partial charge >= 0.3 is 0 Å². The Kier molecular flexibility index (Phi) is 4.94. The van der Waals surface area contributed by atoms with Crippen LogP contribution in [0.1, 0.15) is 24.1 Å². The first-order valence-corrected chi connectivity index (χ1v) is 10.4. The van der Waals surface area contributed by atoms with Crippen LogP contribution in [0, 0.1) is 18.6 Å². The largest absolute Gasteiger partial charge is 0.364 e. The lowest BCUT2D eigenvalue weighted by atomic mass is 10.1. The molecule has 2 fully saturated rings. The van der Waals surface area contributed by atoms with Gasteiger partial charge in [-0.05, 0) is 31.9 Å². The minimum Gasteiger partial charge on any atom is -0.364 e. The molecule has 156 valence electrons. The molecule has 1 aliphatic carbocycles. The Morgan fingerprint density at radius 1 is 1.03 bits per heavy atom. The molecule has 30 heavy (non-hydrogen) atoms. The van der Waals surface area contributed by atoms with Crippen LogP contribution in [0.2, 0.25) is 0 Å². The zero-order chi connectivity index (χ0) is 20.7. The van der Waals surface area contributed by atoms with Crippen LogP contribution in [0.4, 0.5) is 20.4 Å². The molecule has 0 atom stereocenters. The fourth-order valence-electron chi connectivity index (χ4n) is 3.80. The van der Waals surface area contributed by atoms with Crippen LogP contribution in [0.15, 0.2) is 30.5 Å². The van der Waals surface area contributed by atoms with Gasteiger partial charge in [0.25, 0.3) is 0 Å². The minimum atomic E-state index is -0.545. The van der Waals surface area contributed by atoms with Crippen molar-refractivity contribution < 1.29 is 8.78 Å². The molecular weight excluding hydrogens is 386 g/mol. The second kappa shape index (κ2) is 7.75. The first-order chi connectivity index (χ1) is 14.5. The molecule has 0 spiro atoms. The average molecular weight is 410 g/mol. The van der Waals surface area contributed by atoms with Crippen molar-refractivity contribution in [1.82, 2.24) is 19.9 Å². The Bertz CT molecular complexity index is 1080. The highest BCUT2D eigenvalue weighted by molar-refractivity contribution is 5.80. The molecule has 6 nitrogen and oxygen atoms in total. The molecule has 0 radical (unpaired) electrons. The fourth-order valence-corrected chi connectivity index (χ4v) is 3.80. The number of benzene rings is 1. The molecule has 1 aromatic carbocycles. The Hall–Kier alpha value is -2.87. The van der Waals surface area contributed by atoms with E-state index in [2.05, 4.69) is 20.1 Å². The van der Waals surface area contributed by atoms with E-state index in [0.29, 0.717) is 18.2 Å². The number of aromatic nitrogens is 3. The lowest BCUT2D eigenvalue weighted by Gasteiger charge is -2.36. The second-order valence-electron chi connectivity index (χ2n) is 8.13. The number of nitrogens with one attached hydrogen (secondary N) is 1. The van der Waals surface area contributed by atoms with Gasteiger partial charge < -0.3 is 10.2 Å². The van der Waals surface area contributed by atoms with E-state index in [1.807, 2.05) is 13.0 Å². The first kappa shape index (κ1) is 19.1. The number of anilines is 2. The summed E-state index contributed by atoms with van der Waals surface area (Å²) in [7, 11) is 0. The molecule has 8 heteroatoms. The highest BCUT2D eigenvalue weighted by Crippen LogP contribution is 2.31. The summed E-state index contributed by atoms with van der Waals surface area (Å²) >= 11 is 0. The van der Waals surface area contributed by atoms with Gasteiger partial charge in [-0.15, -0.1) is 0 Å². The predicted molar refractivity (Wildman–Crippen MR) is 113 cm³/mol. The van der Waals surface area contributed by atoms with Crippen molar-refractivity contribution in [3.63, 3.8) is 0 Å². The van der Waals surface area contributed by atoms with Crippen LogP contribution >= 0.6 is 0 Å². The zero-order valence-electron chi connectivity index (χ0n) is 16.9. The van der Waals surface area contributed by atoms with Gasteiger partial charge in [-0.1, -0.05) is 6.07 Å². The maximum absolute atomic E-state index is 14.0. The quantitative estimate of drug-likeness (QED) is 0.695. The van der Waals surface area contributed by atoms with Gasteiger partial charge in [0.15, 0.2) is 11.6 Å². The first-order valence-electron chi connectivity index (χ1n) is 10.4. The van der Waals surface area contributed by atoms with E-state index in [1.54, 1.807) is 6.20 Å². The molecule has 5 rings (SSSR count). The third-order valence-electron chi connectivity index (χ3n) is 5.67. The number of rotatable bonds is 5. The highest BCUT2D eigenvalue weighted by atomic mass is 19.1. The lowest BCUT2D eigenvalue weighted by Crippen LogP contribution is -2.46. The van der Waals surface area contributed by atoms with Crippen molar-refractivity contribution in [2.24, 2.45) is 0 Å². The number of fused-ring (bicyclic) bond motifs is 1. The third-order valence-corrected chi connectivity index (χ3v) is 5.67. The summed E-state index contributed by atoms with van der Waals surface area (Å²) in [6, 6.07) is 6.21. The molecule has 1 aliphatic heterocycles. The molecule has 1 saturated heterocycles.